The minimum absolute atomic E-state index is 0.0147. The van der Waals surface area contributed by atoms with E-state index in [0.29, 0.717) is 19.1 Å². The van der Waals surface area contributed by atoms with E-state index in [1.807, 2.05) is 27.0 Å². The molecule has 1 amide bonds. The zero-order valence-corrected chi connectivity index (χ0v) is 13.9. The monoisotopic (exact) mass is 309 g/mol. The molecular weight excluding hydrogens is 282 g/mol. The molecule has 2 heterocycles. The van der Waals surface area contributed by atoms with Gasteiger partial charge in [-0.3, -0.25) is 19.3 Å². The second-order valence-corrected chi connectivity index (χ2v) is 6.27. The first-order chi connectivity index (χ1) is 10.3. The van der Waals surface area contributed by atoms with Gasteiger partial charge in [0.2, 0.25) is 5.91 Å². The summed E-state index contributed by atoms with van der Waals surface area (Å²) in [6, 6.07) is 2.20. The maximum atomic E-state index is 12.2. The van der Waals surface area contributed by atoms with Gasteiger partial charge in [-0.2, -0.15) is 5.10 Å². The van der Waals surface area contributed by atoms with Gasteiger partial charge >= 0.3 is 0 Å². The van der Waals surface area contributed by atoms with E-state index in [-0.39, 0.29) is 12.0 Å². The van der Waals surface area contributed by atoms with E-state index < -0.39 is 0 Å². The average molecular weight is 309 g/mol. The number of carbonyl (C=O) groups is 1. The maximum absolute atomic E-state index is 12.2. The number of aliphatic hydroxyl groups is 1. The van der Waals surface area contributed by atoms with Crippen molar-refractivity contribution in [1.29, 1.82) is 0 Å². The predicted octanol–water partition coefficient (Wildman–Crippen LogP) is 0.0539. The number of hydrogen-bond acceptors (Lipinski definition) is 5. The molecule has 1 aromatic rings. The molecule has 1 aliphatic heterocycles. The lowest BCUT2D eigenvalue weighted by atomic mass is 10.1. The molecular formula is C15H27N5O2. The molecule has 7 nitrogen and oxygen atoms in total. The highest BCUT2D eigenvalue weighted by atomic mass is 16.3. The summed E-state index contributed by atoms with van der Waals surface area (Å²) < 4.78 is 1.68. The molecule has 2 N–H and O–H groups in total. The zero-order valence-electron chi connectivity index (χ0n) is 13.9. The lowest BCUT2D eigenvalue weighted by Crippen LogP contribution is -2.54. The van der Waals surface area contributed by atoms with Crippen molar-refractivity contribution in [3.63, 3.8) is 0 Å². The lowest BCUT2D eigenvalue weighted by molar-refractivity contribution is -0.118. The third kappa shape index (κ3) is 4.53. The number of amides is 1. The molecule has 1 fully saturated rings. The second kappa shape index (κ2) is 7.21. The fraction of sp³-hybridized carbons (Fsp3) is 0.733. The van der Waals surface area contributed by atoms with Crippen LogP contribution < -0.4 is 5.32 Å². The van der Waals surface area contributed by atoms with Crippen LogP contribution in [0.4, 0.5) is 5.82 Å². The van der Waals surface area contributed by atoms with Gasteiger partial charge in [-0.15, -0.1) is 0 Å². The zero-order chi connectivity index (χ0) is 16.3. The molecule has 1 saturated heterocycles. The van der Waals surface area contributed by atoms with Crippen LogP contribution in [0.25, 0.3) is 0 Å². The highest BCUT2D eigenvalue weighted by molar-refractivity contribution is 5.91. The molecule has 0 radical (unpaired) electrons. The first kappa shape index (κ1) is 16.9. The highest BCUT2D eigenvalue weighted by Gasteiger charge is 2.25. The van der Waals surface area contributed by atoms with Gasteiger partial charge in [-0.25, -0.2) is 0 Å². The van der Waals surface area contributed by atoms with Crippen molar-refractivity contribution in [2.75, 3.05) is 38.0 Å². The first-order valence-electron chi connectivity index (χ1n) is 7.80. The lowest BCUT2D eigenvalue weighted by Gasteiger charge is -2.40. The number of hydrogen-bond donors (Lipinski definition) is 2. The van der Waals surface area contributed by atoms with Gasteiger partial charge in [0.15, 0.2) is 0 Å². The Morgan fingerprint density at radius 1 is 1.55 bits per heavy atom. The van der Waals surface area contributed by atoms with E-state index in [0.717, 1.165) is 31.1 Å². The Kier molecular flexibility index (Phi) is 5.55. The fourth-order valence-electron chi connectivity index (χ4n) is 2.94. The number of aliphatic hydroxyl groups excluding tert-OH is 1. The van der Waals surface area contributed by atoms with Gasteiger partial charge in [-0.1, -0.05) is 0 Å². The molecule has 2 rings (SSSR count). The van der Waals surface area contributed by atoms with Gasteiger partial charge in [0.1, 0.15) is 5.82 Å². The van der Waals surface area contributed by atoms with Crippen molar-refractivity contribution >= 4 is 11.7 Å². The Hall–Kier alpha value is -1.44. The van der Waals surface area contributed by atoms with E-state index in [9.17, 15) is 9.90 Å². The number of nitrogens with zero attached hydrogens (tertiary/aromatic N) is 4. The Balaban J connectivity index is 1.82. The summed E-state index contributed by atoms with van der Waals surface area (Å²) in [6.45, 7) is 9.48. The van der Waals surface area contributed by atoms with Crippen LogP contribution in [0.5, 0.6) is 0 Å². The van der Waals surface area contributed by atoms with E-state index in [1.54, 1.807) is 4.68 Å². The third-order valence-corrected chi connectivity index (χ3v) is 3.98. The quantitative estimate of drug-likeness (QED) is 0.804. The number of rotatable bonds is 5. The number of piperazine rings is 1. The van der Waals surface area contributed by atoms with Gasteiger partial charge < -0.3 is 10.4 Å². The molecule has 0 aliphatic carbocycles. The normalized spacial score (nSPS) is 21.8. The molecule has 2 atom stereocenters. The summed E-state index contributed by atoms with van der Waals surface area (Å²) >= 11 is 0. The van der Waals surface area contributed by atoms with Gasteiger partial charge in [-0.05, 0) is 20.8 Å². The van der Waals surface area contributed by atoms with Crippen molar-refractivity contribution in [2.24, 2.45) is 7.05 Å². The second-order valence-electron chi connectivity index (χ2n) is 6.27. The predicted molar refractivity (Wildman–Crippen MR) is 85.7 cm³/mol. The summed E-state index contributed by atoms with van der Waals surface area (Å²) in [5.74, 6) is 0.711. The summed E-state index contributed by atoms with van der Waals surface area (Å²) in [5.41, 5.74) is 0.887. The standard InChI is InChI=1S/C15H27N5O2/c1-11-7-14(18(4)17-11)16-15(22)10-19-5-6-20(9-13(3)21)12(2)8-19/h7,12-13,21H,5-6,8-10H2,1-4H3,(H,16,22). The SMILES string of the molecule is Cc1cc(NC(=O)CN2CCN(CC(C)O)C(C)C2)n(C)n1. The minimum Gasteiger partial charge on any atom is -0.392 e. The minimum atomic E-state index is -0.314. The van der Waals surface area contributed by atoms with Crippen LogP contribution >= 0.6 is 0 Å². The molecule has 124 valence electrons. The largest absolute Gasteiger partial charge is 0.392 e. The topological polar surface area (TPSA) is 73.6 Å². The van der Waals surface area contributed by atoms with Crippen molar-refractivity contribution in [1.82, 2.24) is 19.6 Å². The molecule has 0 aromatic carbocycles. The summed E-state index contributed by atoms with van der Waals surface area (Å²) in [6.07, 6.45) is -0.314. The van der Waals surface area contributed by atoms with E-state index in [4.69, 9.17) is 0 Å². The summed E-state index contributed by atoms with van der Waals surface area (Å²) in [4.78, 5) is 16.6. The number of β-amino-alcohol motifs (C(OH)–C–C–N with tert-alkyl or cyclic N) is 1. The van der Waals surface area contributed by atoms with Crippen LogP contribution in [-0.2, 0) is 11.8 Å². The molecule has 0 bridgehead atoms. The average Bonchev–Trinajstić information content (AvgIpc) is 2.70. The smallest absolute Gasteiger partial charge is 0.239 e. The maximum Gasteiger partial charge on any atom is 0.239 e. The first-order valence-corrected chi connectivity index (χ1v) is 7.80. The summed E-state index contributed by atoms with van der Waals surface area (Å²) in [7, 11) is 1.82. The Morgan fingerprint density at radius 2 is 2.27 bits per heavy atom. The van der Waals surface area contributed by atoms with Crippen molar-refractivity contribution in [3.8, 4) is 0 Å². The van der Waals surface area contributed by atoms with E-state index >= 15 is 0 Å². The third-order valence-electron chi connectivity index (χ3n) is 3.98. The van der Waals surface area contributed by atoms with Gasteiger partial charge in [0.25, 0.3) is 0 Å². The molecule has 2 unspecified atom stereocenters. The number of nitrogens with one attached hydrogen (secondary N) is 1. The number of aryl methyl sites for hydroxylation is 2. The van der Waals surface area contributed by atoms with E-state index in [1.165, 1.54) is 0 Å². The fourth-order valence-corrected chi connectivity index (χ4v) is 2.94. The molecule has 0 spiro atoms. The Bertz CT molecular complexity index is 514. The van der Waals surface area contributed by atoms with Crippen LogP contribution in [0.1, 0.15) is 19.5 Å². The van der Waals surface area contributed by atoms with Crippen molar-refractivity contribution in [2.45, 2.75) is 32.9 Å². The number of aromatic nitrogens is 2. The molecule has 7 heteroatoms. The number of carbonyl (C=O) groups excluding carboxylic acids is 1. The van der Waals surface area contributed by atoms with E-state index in [2.05, 4.69) is 27.1 Å². The van der Waals surface area contributed by atoms with Crippen molar-refractivity contribution < 1.29 is 9.90 Å². The van der Waals surface area contributed by atoms with Crippen LogP contribution in [0.3, 0.4) is 0 Å². The molecule has 1 aromatic heterocycles. The van der Waals surface area contributed by atoms with Crippen LogP contribution in [0, 0.1) is 6.92 Å². The van der Waals surface area contributed by atoms with Crippen LogP contribution in [-0.4, -0.2) is 75.5 Å². The Labute approximate surface area is 131 Å². The molecule has 1 aliphatic rings. The molecule has 22 heavy (non-hydrogen) atoms. The summed E-state index contributed by atoms with van der Waals surface area (Å²) in [5, 5.41) is 16.6. The Morgan fingerprint density at radius 3 is 2.82 bits per heavy atom. The highest BCUT2D eigenvalue weighted by Crippen LogP contribution is 2.11. The van der Waals surface area contributed by atoms with Gasteiger partial charge in [0.05, 0.1) is 18.3 Å². The number of anilines is 1. The van der Waals surface area contributed by atoms with Crippen LogP contribution in [0.2, 0.25) is 0 Å². The van der Waals surface area contributed by atoms with Gasteiger partial charge in [0, 0.05) is 45.3 Å². The van der Waals surface area contributed by atoms with Crippen LogP contribution in [0.15, 0.2) is 6.07 Å². The van der Waals surface area contributed by atoms with Crippen molar-refractivity contribution in [3.05, 3.63) is 11.8 Å². The molecule has 0 saturated carbocycles.